The van der Waals surface area contributed by atoms with E-state index in [1.54, 1.807) is 24.3 Å². The molecule has 1 heterocycles. The molecule has 3 aromatic rings. The highest BCUT2D eigenvalue weighted by molar-refractivity contribution is 5.97. The molecule has 168 valence electrons. The van der Waals surface area contributed by atoms with Gasteiger partial charge in [0, 0.05) is 12.8 Å². The van der Waals surface area contributed by atoms with Crippen molar-refractivity contribution in [2.24, 2.45) is 0 Å². The van der Waals surface area contributed by atoms with E-state index >= 15 is 0 Å². The van der Waals surface area contributed by atoms with Gasteiger partial charge in [-0.1, -0.05) is 66.7 Å². The number of aliphatic hydroxyl groups is 1. The molecular formula is C28H27NO4. The van der Waals surface area contributed by atoms with E-state index in [4.69, 9.17) is 9.84 Å². The molecule has 0 aliphatic carbocycles. The van der Waals surface area contributed by atoms with Crippen molar-refractivity contribution in [3.8, 4) is 5.75 Å². The number of aliphatic hydroxyl groups excluding tert-OH is 1. The average molecular weight is 442 g/mol. The van der Waals surface area contributed by atoms with Crippen LogP contribution >= 0.6 is 0 Å². The molecule has 0 spiro atoms. The molecule has 0 saturated heterocycles. The van der Waals surface area contributed by atoms with Gasteiger partial charge in [-0.25, -0.2) is 0 Å². The number of nitrogens with zero attached hydrogens (tertiary/aromatic N) is 1. The Hall–Kier alpha value is -3.70. The van der Waals surface area contributed by atoms with Crippen molar-refractivity contribution in [2.75, 3.05) is 4.90 Å². The molecule has 4 rings (SSSR count). The average Bonchev–Trinajstić information content (AvgIpc) is 2.83. The van der Waals surface area contributed by atoms with Crippen molar-refractivity contribution in [2.45, 2.75) is 38.8 Å². The predicted octanol–water partition coefficient (Wildman–Crippen LogP) is 5.36. The van der Waals surface area contributed by atoms with Crippen LogP contribution in [0.3, 0.4) is 0 Å². The van der Waals surface area contributed by atoms with Crippen molar-refractivity contribution in [3.63, 3.8) is 0 Å². The summed E-state index contributed by atoms with van der Waals surface area (Å²) in [4.78, 5) is 27.2. The smallest absolute Gasteiger partial charge is 0.311 e. The summed E-state index contributed by atoms with van der Waals surface area (Å²) in [5.74, 6) is 0.174. The van der Waals surface area contributed by atoms with E-state index in [1.165, 1.54) is 0 Å². The Morgan fingerprint density at radius 2 is 1.48 bits per heavy atom. The Bertz CT molecular complexity index is 1150. The molecule has 5 nitrogen and oxygen atoms in total. The largest absolute Gasteiger partial charge is 0.427 e. The second-order valence-corrected chi connectivity index (χ2v) is 8.05. The fourth-order valence-electron chi connectivity index (χ4n) is 3.90. The molecule has 0 saturated carbocycles. The fraction of sp³-hybridized carbons (Fsp3) is 0.214. The normalized spacial score (nSPS) is 12.3. The van der Waals surface area contributed by atoms with Crippen LogP contribution in [-0.2, 0) is 22.7 Å². The number of rotatable bonds is 7. The zero-order valence-electron chi connectivity index (χ0n) is 18.4. The molecule has 0 unspecified atom stereocenters. The van der Waals surface area contributed by atoms with Gasteiger partial charge in [-0.3, -0.25) is 9.59 Å². The van der Waals surface area contributed by atoms with E-state index < -0.39 is 0 Å². The maximum atomic E-state index is 13.2. The Morgan fingerprint density at radius 3 is 2.27 bits per heavy atom. The van der Waals surface area contributed by atoms with Crippen molar-refractivity contribution in [1.82, 2.24) is 0 Å². The zero-order chi connectivity index (χ0) is 23.0. The van der Waals surface area contributed by atoms with Crippen LogP contribution in [0.2, 0.25) is 0 Å². The van der Waals surface area contributed by atoms with Crippen LogP contribution in [0.25, 0.3) is 12.2 Å². The first-order valence-electron chi connectivity index (χ1n) is 11.2. The number of benzene rings is 3. The van der Waals surface area contributed by atoms with Gasteiger partial charge in [0.25, 0.3) is 0 Å². The minimum atomic E-state index is -0.324. The number of esters is 1. The van der Waals surface area contributed by atoms with Crippen LogP contribution in [0.4, 0.5) is 5.69 Å². The van der Waals surface area contributed by atoms with Crippen LogP contribution in [0.5, 0.6) is 5.75 Å². The summed E-state index contributed by atoms with van der Waals surface area (Å²) in [7, 11) is 0. The third kappa shape index (κ3) is 5.76. The number of unbranched alkanes of at least 4 members (excludes halogenated alkanes) is 1. The van der Waals surface area contributed by atoms with E-state index in [9.17, 15) is 9.59 Å². The monoisotopic (exact) mass is 441 g/mol. The van der Waals surface area contributed by atoms with Crippen LogP contribution in [-0.4, -0.2) is 17.0 Å². The van der Waals surface area contributed by atoms with Gasteiger partial charge in [-0.2, -0.15) is 0 Å². The van der Waals surface area contributed by atoms with Gasteiger partial charge in [0.15, 0.2) is 0 Å². The first kappa shape index (κ1) is 22.5. The van der Waals surface area contributed by atoms with Crippen molar-refractivity contribution >= 4 is 29.7 Å². The molecular weight excluding hydrogens is 414 g/mol. The van der Waals surface area contributed by atoms with E-state index in [1.807, 2.05) is 41.3 Å². The quantitative estimate of drug-likeness (QED) is 0.304. The zero-order valence-corrected chi connectivity index (χ0v) is 18.4. The minimum Gasteiger partial charge on any atom is -0.427 e. The molecule has 1 aliphatic heterocycles. The van der Waals surface area contributed by atoms with E-state index in [-0.39, 0.29) is 24.9 Å². The molecule has 0 fully saturated rings. The second kappa shape index (κ2) is 10.7. The molecule has 0 radical (unpaired) electrons. The topological polar surface area (TPSA) is 66.8 Å². The third-order valence-electron chi connectivity index (χ3n) is 5.71. The highest BCUT2D eigenvalue weighted by atomic mass is 16.5. The van der Waals surface area contributed by atoms with Crippen LogP contribution in [0, 0.1) is 0 Å². The number of amides is 1. The lowest BCUT2D eigenvalue weighted by atomic mass is 10.0. The lowest BCUT2D eigenvalue weighted by Gasteiger charge is -2.27. The van der Waals surface area contributed by atoms with Gasteiger partial charge in [-0.15, -0.1) is 0 Å². The van der Waals surface area contributed by atoms with Crippen molar-refractivity contribution < 1.29 is 19.4 Å². The minimum absolute atomic E-state index is 0.0421. The Kier molecular flexibility index (Phi) is 7.33. The lowest BCUT2D eigenvalue weighted by molar-refractivity contribution is -0.134. The number of para-hydroxylation sites is 1. The molecule has 0 aromatic heterocycles. The molecule has 5 heteroatoms. The summed E-state index contributed by atoms with van der Waals surface area (Å²) < 4.78 is 5.33. The third-order valence-corrected chi connectivity index (χ3v) is 5.71. The number of carbonyl (C=O) groups is 2. The molecule has 0 atom stereocenters. The Labute approximate surface area is 193 Å². The number of carbonyl (C=O) groups excluding carboxylic acids is 2. The van der Waals surface area contributed by atoms with Crippen LogP contribution in [0.15, 0.2) is 72.8 Å². The summed E-state index contributed by atoms with van der Waals surface area (Å²) in [6, 6.07) is 22.8. The van der Waals surface area contributed by atoms with E-state index in [2.05, 4.69) is 24.3 Å². The summed E-state index contributed by atoms with van der Waals surface area (Å²) in [6.45, 7) is 0.466. The molecule has 33 heavy (non-hydrogen) atoms. The molecule has 1 amide bonds. The number of fused-ring (bicyclic) bond motifs is 2. The summed E-state index contributed by atoms with van der Waals surface area (Å²) in [5.41, 5.74) is 4.89. The van der Waals surface area contributed by atoms with Crippen molar-refractivity contribution in [1.29, 1.82) is 0 Å². The van der Waals surface area contributed by atoms with Gasteiger partial charge in [0.2, 0.25) is 5.91 Å². The highest BCUT2D eigenvalue weighted by Crippen LogP contribution is 2.29. The van der Waals surface area contributed by atoms with Gasteiger partial charge in [-0.05, 0) is 53.3 Å². The Morgan fingerprint density at radius 1 is 0.818 bits per heavy atom. The fourth-order valence-corrected chi connectivity index (χ4v) is 3.90. The summed E-state index contributed by atoms with van der Waals surface area (Å²) in [5, 5.41) is 9.08. The predicted molar refractivity (Wildman–Crippen MR) is 129 cm³/mol. The highest BCUT2D eigenvalue weighted by Gasteiger charge is 2.20. The maximum absolute atomic E-state index is 13.2. The first-order valence-corrected chi connectivity index (χ1v) is 11.2. The Balaban J connectivity index is 1.35. The van der Waals surface area contributed by atoms with Gasteiger partial charge >= 0.3 is 5.97 Å². The SMILES string of the molecule is O=C(CCCCC(=O)N1Cc2ccccc2C=Cc2ccccc21)Oc1ccc(CO)cc1. The molecule has 0 bridgehead atoms. The van der Waals surface area contributed by atoms with Crippen molar-refractivity contribution in [3.05, 3.63) is 95.1 Å². The second-order valence-electron chi connectivity index (χ2n) is 8.05. The van der Waals surface area contributed by atoms with Gasteiger partial charge in [0.1, 0.15) is 5.75 Å². The first-order chi connectivity index (χ1) is 16.1. The van der Waals surface area contributed by atoms with Gasteiger partial charge < -0.3 is 14.7 Å². The maximum Gasteiger partial charge on any atom is 0.311 e. The summed E-state index contributed by atoms with van der Waals surface area (Å²) in [6.07, 6.45) is 5.93. The number of hydrogen-bond acceptors (Lipinski definition) is 4. The van der Waals surface area contributed by atoms with Crippen LogP contribution < -0.4 is 9.64 Å². The molecule has 1 aliphatic rings. The number of anilines is 1. The molecule has 3 aromatic carbocycles. The van der Waals surface area contributed by atoms with E-state index in [0.717, 1.165) is 27.9 Å². The summed E-state index contributed by atoms with van der Waals surface area (Å²) >= 11 is 0. The van der Waals surface area contributed by atoms with Gasteiger partial charge in [0.05, 0.1) is 18.8 Å². The standard InChI is InChI=1S/C28H27NO4/c30-20-21-13-17-25(18-14-21)33-28(32)12-6-5-11-27(31)29-19-24-9-2-1-7-22(24)15-16-23-8-3-4-10-26(23)29/h1-4,7-10,13-18,30H,5-6,11-12,19-20H2. The van der Waals surface area contributed by atoms with E-state index in [0.29, 0.717) is 31.6 Å². The molecule has 1 N–H and O–H groups in total. The van der Waals surface area contributed by atoms with Crippen LogP contribution in [0.1, 0.15) is 47.9 Å². The number of ether oxygens (including phenoxy) is 1. The lowest BCUT2D eigenvalue weighted by Crippen LogP contribution is -2.31. The number of hydrogen-bond donors (Lipinski definition) is 1.